The maximum atomic E-state index is 5.81. The minimum Gasteiger partial charge on any atom is -0.381 e. The molecule has 0 aromatic carbocycles. The summed E-state index contributed by atoms with van der Waals surface area (Å²) >= 11 is 0. The fourth-order valence-corrected chi connectivity index (χ4v) is 2.31. The molecule has 94 valence electrons. The summed E-state index contributed by atoms with van der Waals surface area (Å²) < 4.78 is 11.2. The first-order chi connectivity index (χ1) is 7.64. The largest absolute Gasteiger partial charge is 0.381 e. The van der Waals surface area contributed by atoms with E-state index in [-0.39, 0.29) is 11.6 Å². The van der Waals surface area contributed by atoms with Gasteiger partial charge in [0.1, 0.15) is 0 Å². The molecular formula is C13H25NO2. The Morgan fingerprint density at radius 1 is 1.44 bits per heavy atom. The van der Waals surface area contributed by atoms with E-state index in [4.69, 9.17) is 9.47 Å². The van der Waals surface area contributed by atoms with E-state index >= 15 is 0 Å². The van der Waals surface area contributed by atoms with Crippen LogP contribution in [0.1, 0.15) is 33.6 Å². The average Bonchev–Trinajstić information content (AvgIpc) is 2.29. The lowest BCUT2D eigenvalue weighted by molar-refractivity contribution is -0.101. The molecule has 0 aromatic heterocycles. The van der Waals surface area contributed by atoms with Gasteiger partial charge in [0.15, 0.2) is 0 Å². The first-order valence-electron chi connectivity index (χ1n) is 6.16. The highest BCUT2D eigenvalue weighted by Gasteiger charge is 2.39. The van der Waals surface area contributed by atoms with Crippen LogP contribution in [0.5, 0.6) is 0 Å². The zero-order chi connectivity index (χ0) is 12.0. The molecule has 1 aliphatic rings. The van der Waals surface area contributed by atoms with Crippen molar-refractivity contribution in [1.82, 2.24) is 5.32 Å². The van der Waals surface area contributed by atoms with Gasteiger partial charge >= 0.3 is 0 Å². The molecule has 0 radical (unpaired) electrons. The lowest BCUT2D eigenvalue weighted by Crippen LogP contribution is -2.54. The van der Waals surface area contributed by atoms with Crippen molar-refractivity contribution in [1.29, 1.82) is 0 Å². The zero-order valence-corrected chi connectivity index (χ0v) is 11.0. The molecule has 1 fully saturated rings. The van der Waals surface area contributed by atoms with Crippen molar-refractivity contribution >= 4 is 0 Å². The summed E-state index contributed by atoms with van der Waals surface area (Å²) in [7, 11) is 1.81. The molecule has 0 bridgehead atoms. The van der Waals surface area contributed by atoms with Gasteiger partial charge in [0.25, 0.3) is 0 Å². The molecule has 1 saturated heterocycles. The van der Waals surface area contributed by atoms with E-state index in [0.717, 1.165) is 32.6 Å². The third-order valence-electron chi connectivity index (χ3n) is 3.24. The summed E-state index contributed by atoms with van der Waals surface area (Å²) in [5.41, 5.74) is 1.24. The second-order valence-electron chi connectivity index (χ2n) is 4.66. The fraction of sp³-hybridized carbons (Fsp3) is 0.846. The Kier molecular flexibility index (Phi) is 5.46. The molecule has 1 rings (SSSR count). The van der Waals surface area contributed by atoms with Gasteiger partial charge in [0, 0.05) is 33.2 Å². The van der Waals surface area contributed by atoms with E-state index in [1.165, 1.54) is 5.57 Å². The van der Waals surface area contributed by atoms with Crippen molar-refractivity contribution < 1.29 is 9.47 Å². The normalized spacial score (nSPS) is 21.5. The van der Waals surface area contributed by atoms with Crippen LogP contribution in [-0.4, -0.2) is 38.5 Å². The molecular weight excluding hydrogens is 202 g/mol. The van der Waals surface area contributed by atoms with Crippen molar-refractivity contribution in [3.8, 4) is 0 Å². The predicted octanol–water partition coefficient (Wildman–Crippen LogP) is 2.13. The number of nitrogens with one attached hydrogen (secondary N) is 1. The molecule has 0 saturated carbocycles. The van der Waals surface area contributed by atoms with E-state index in [1.807, 2.05) is 7.11 Å². The van der Waals surface area contributed by atoms with Gasteiger partial charge in [-0.3, -0.25) is 0 Å². The van der Waals surface area contributed by atoms with E-state index < -0.39 is 0 Å². The van der Waals surface area contributed by atoms with E-state index in [0.29, 0.717) is 0 Å². The molecule has 3 nitrogen and oxygen atoms in total. The SMILES string of the molecule is CCNC(C=C(C)C)C1(OC)CCOCC1. The van der Waals surface area contributed by atoms with Crippen molar-refractivity contribution in [3.05, 3.63) is 11.6 Å². The first-order valence-corrected chi connectivity index (χ1v) is 6.16. The second-order valence-corrected chi connectivity index (χ2v) is 4.66. The highest BCUT2D eigenvalue weighted by molar-refractivity contribution is 5.10. The Morgan fingerprint density at radius 3 is 2.50 bits per heavy atom. The third kappa shape index (κ3) is 3.30. The quantitative estimate of drug-likeness (QED) is 0.730. The van der Waals surface area contributed by atoms with E-state index in [2.05, 4.69) is 32.2 Å². The van der Waals surface area contributed by atoms with Crippen LogP contribution in [0.2, 0.25) is 0 Å². The van der Waals surface area contributed by atoms with Crippen molar-refractivity contribution in [2.75, 3.05) is 26.9 Å². The Morgan fingerprint density at radius 2 is 2.06 bits per heavy atom. The van der Waals surface area contributed by atoms with Crippen LogP contribution in [0, 0.1) is 0 Å². The fourth-order valence-electron chi connectivity index (χ4n) is 2.31. The van der Waals surface area contributed by atoms with Crippen LogP contribution in [0.25, 0.3) is 0 Å². The van der Waals surface area contributed by atoms with Gasteiger partial charge in [-0.15, -0.1) is 0 Å². The first kappa shape index (κ1) is 13.7. The second kappa shape index (κ2) is 6.38. The molecule has 0 spiro atoms. The van der Waals surface area contributed by atoms with Gasteiger partial charge in [0.2, 0.25) is 0 Å². The van der Waals surface area contributed by atoms with Crippen molar-refractivity contribution in [2.24, 2.45) is 0 Å². The molecule has 3 heteroatoms. The number of ether oxygens (including phenoxy) is 2. The van der Waals surface area contributed by atoms with Crippen LogP contribution < -0.4 is 5.32 Å². The minimum atomic E-state index is -0.0917. The van der Waals surface area contributed by atoms with Gasteiger partial charge in [-0.2, -0.15) is 0 Å². The van der Waals surface area contributed by atoms with Crippen LogP contribution in [-0.2, 0) is 9.47 Å². The molecule has 1 unspecified atom stereocenters. The van der Waals surface area contributed by atoms with Gasteiger partial charge in [-0.05, 0) is 20.4 Å². The molecule has 16 heavy (non-hydrogen) atoms. The smallest absolute Gasteiger partial charge is 0.0910 e. The lowest BCUT2D eigenvalue weighted by Gasteiger charge is -2.41. The average molecular weight is 227 g/mol. The molecule has 0 aliphatic carbocycles. The monoisotopic (exact) mass is 227 g/mol. The number of rotatable bonds is 5. The summed E-state index contributed by atoms with van der Waals surface area (Å²) in [6.07, 6.45) is 4.20. The van der Waals surface area contributed by atoms with Gasteiger partial charge < -0.3 is 14.8 Å². The van der Waals surface area contributed by atoms with Gasteiger partial charge in [-0.1, -0.05) is 18.6 Å². The van der Waals surface area contributed by atoms with Gasteiger partial charge in [-0.25, -0.2) is 0 Å². The lowest BCUT2D eigenvalue weighted by atomic mass is 9.85. The predicted molar refractivity (Wildman–Crippen MR) is 66.7 cm³/mol. The maximum Gasteiger partial charge on any atom is 0.0910 e. The summed E-state index contributed by atoms with van der Waals surface area (Å²) in [4.78, 5) is 0. The highest BCUT2D eigenvalue weighted by atomic mass is 16.5. The van der Waals surface area contributed by atoms with Crippen LogP contribution >= 0.6 is 0 Å². The van der Waals surface area contributed by atoms with Crippen LogP contribution in [0.3, 0.4) is 0 Å². The van der Waals surface area contributed by atoms with Crippen LogP contribution in [0.15, 0.2) is 11.6 Å². The van der Waals surface area contributed by atoms with Crippen molar-refractivity contribution in [2.45, 2.75) is 45.3 Å². The number of allylic oxidation sites excluding steroid dienone is 1. The maximum absolute atomic E-state index is 5.81. The number of methoxy groups -OCH3 is 1. The number of hydrogen-bond donors (Lipinski definition) is 1. The third-order valence-corrected chi connectivity index (χ3v) is 3.24. The molecule has 0 aromatic rings. The number of likely N-dealkylation sites (N-methyl/N-ethyl adjacent to an activating group) is 1. The Balaban J connectivity index is 2.82. The minimum absolute atomic E-state index is 0.0917. The molecule has 1 N–H and O–H groups in total. The van der Waals surface area contributed by atoms with Gasteiger partial charge in [0.05, 0.1) is 11.6 Å². The molecule has 1 aliphatic heterocycles. The Hall–Kier alpha value is -0.380. The topological polar surface area (TPSA) is 30.5 Å². The summed E-state index contributed by atoms with van der Waals surface area (Å²) in [6.45, 7) is 8.95. The summed E-state index contributed by atoms with van der Waals surface area (Å²) in [6, 6.07) is 0.288. The highest BCUT2D eigenvalue weighted by Crippen LogP contribution is 2.29. The standard InChI is InChI=1S/C13H25NO2/c1-5-14-12(10-11(2)3)13(15-4)6-8-16-9-7-13/h10,12,14H,5-9H2,1-4H3. The summed E-state index contributed by atoms with van der Waals surface area (Å²) in [5, 5.41) is 3.52. The van der Waals surface area contributed by atoms with Crippen molar-refractivity contribution in [3.63, 3.8) is 0 Å². The van der Waals surface area contributed by atoms with Crippen LogP contribution in [0.4, 0.5) is 0 Å². The molecule has 1 atom stereocenters. The summed E-state index contributed by atoms with van der Waals surface area (Å²) in [5.74, 6) is 0. The Bertz CT molecular complexity index is 228. The van der Waals surface area contributed by atoms with E-state index in [9.17, 15) is 0 Å². The Labute approximate surface area is 99.2 Å². The molecule has 1 heterocycles. The van der Waals surface area contributed by atoms with E-state index in [1.54, 1.807) is 0 Å². The molecule has 0 amide bonds. The number of hydrogen-bond acceptors (Lipinski definition) is 3. The zero-order valence-electron chi connectivity index (χ0n) is 11.0.